The molecule has 0 radical (unpaired) electrons. The van der Waals surface area contributed by atoms with Gasteiger partial charge in [-0.3, -0.25) is 9.59 Å². The van der Waals surface area contributed by atoms with E-state index in [2.05, 4.69) is 21.2 Å². The Morgan fingerprint density at radius 3 is 2.53 bits per heavy atom. The highest BCUT2D eigenvalue weighted by molar-refractivity contribution is 9.10. The molecule has 3 aliphatic rings. The number of piperazine rings is 1. The van der Waals surface area contributed by atoms with Gasteiger partial charge in [0.15, 0.2) is 0 Å². The minimum Gasteiger partial charge on any atom is -0.490 e. The van der Waals surface area contributed by atoms with Crippen LogP contribution in [0.25, 0.3) is 5.57 Å². The van der Waals surface area contributed by atoms with E-state index in [1.54, 1.807) is 19.1 Å². The minimum atomic E-state index is -0.374. The number of halogens is 4. The maximum atomic E-state index is 14.5. The summed E-state index contributed by atoms with van der Waals surface area (Å²) >= 11 is 16.2. The largest absolute Gasteiger partial charge is 0.490 e. The Balaban J connectivity index is 1.24. The van der Waals surface area contributed by atoms with Crippen molar-refractivity contribution in [1.82, 2.24) is 15.1 Å². The Morgan fingerprint density at radius 1 is 1.04 bits per heavy atom. The number of hydrogen-bond acceptors (Lipinski definition) is 5. The van der Waals surface area contributed by atoms with Crippen LogP contribution < -0.4 is 14.8 Å². The summed E-state index contributed by atoms with van der Waals surface area (Å²) in [5.74, 6) is 0.644. The van der Waals surface area contributed by atoms with Gasteiger partial charge in [0.05, 0.1) is 20.6 Å². The van der Waals surface area contributed by atoms with Crippen molar-refractivity contribution in [3.63, 3.8) is 0 Å². The number of nitrogens with zero attached hydrogens (tertiary/aromatic N) is 2. The van der Waals surface area contributed by atoms with Crippen molar-refractivity contribution in [2.45, 2.75) is 50.9 Å². The summed E-state index contributed by atoms with van der Waals surface area (Å²) in [5, 5.41) is 4.54. The molecule has 7 nitrogen and oxygen atoms in total. The number of amides is 2. The number of ether oxygens (including phenoxy) is 2. The van der Waals surface area contributed by atoms with Crippen molar-refractivity contribution in [1.29, 1.82) is 0 Å². The van der Waals surface area contributed by atoms with Crippen LogP contribution in [0.1, 0.15) is 37.3 Å². The van der Waals surface area contributed by atoms with Crippen LogP contribution in [0.3, 0.4) is 0 Å². The standard InChI is InChI=1S/C34H33BrCl2FN3O4/c1-20(42)40-18-24-16-27(21-5-10-26(11-6-21)44-13-14-45-31-15-23(38)7-12-28(31)35)32(30(19-40)39-24)34(43)41(25-8-9-25)17-22-3-2-4-29(36)33(22)37/h2-7,10-12,15,24-25,30,39H,8-9,13-14,16-19H2,1H3/t24?,30-/m1/s1. The lowest BCUT2D eigenvalue weighted by Crippen LogP contribution is -2.61. The third-order valence-electron chi connectivity index (χ3n) is 8.41. The van der Waals surface area contributed by atoms with Crippen LogP contribution in [0.4, 0.5) is 4.39 Å². The van der Waals surface area contributed by atoms with Gasteiger partial charge < -0.3 is 24.6 Å². The molecule has 0 spiro atoms. The SMILES string of the molecule is CC(=O)N1CC2CC(c3ccc(OCCOc4cc(F)ccc4Br)cc3)=C(C(=O)N(Cc3cccc(Cl)c3Cl)C3CC3)[C@@H](C1)N2. The highest BCUT2D eigenvalue weighted by Crippen LogP contribution is 2.38. The second-order valence-corrected chi connectivity index (χ2v) is 13.2. The molecule has 2 bridgehead atoms. The Bertz CT molecular complexity index is 1630. The minimum absolute atomic E-state index is 0.00162. The molecule has 1 aliphatic carbocycles. The predicted octanol–water partition coefficient (Wildman–Crippen LogP) is 6.89. The fourth-order valence-electron chi connectivity index (χ4n) is 6.04. The van der Waals surface area contributed by atoms with Gasteiger partial charge in [0.25, 0.3) is 5.91 Å². The maximum absolute atomic E-state index is 14.5. The first-order valence-electron chi connectivity index (χ1n) is 15.0. The molecule has 2 aliphatic heterocycles. The highest BCUT2D eigenvalue weighted by Gasteiger charge is 2.43. The summed E-state index contributed by atoms with van der Waals surface area (Å²) in [7, 11) is 0. The van der Waals surface area contributed by atoms with E-state index in [1.807, 2.05) is 46.2 Å². The molecule has 1 saturated heterocycles. The van der Waals surface area contributed by atoms with E-state index in [1.165, 1.54) is 12.1 Å². The maximum Gasteiger partial charge on any atom is 0.252 e. The Kier molecular flexibility index (Phi) is 9.71. The first-order chi connectivity index (χ1) is 21.7. The molecule has 3 aromatic rings. The normalized spacial score (nSPS) is 19.4. The van der Waals surface area contributed by atoms with Gasteiger partial charge in [-0.25, -0.2) is 4.39 Å². The van der Waals surface area contributed by atoms with Crippen molar-refractivity contribution in [2.75, 3.05) is 26.3 Å². The molecule has 11 heteroatoms. The third kappa shape index (κ3) is 7.32. The molecular weight excluding hydrogens is 684 g/mol. The fourth-order valence-corrected chi connectivity index (χ4v) is 6.78. The van der Waals surface area contributed by atoms with E-state index in [4.69, 9.17) is 32.7 Å². The van der Waals surface area contributed by atoms with Crippen molar-refractivity contribution < 1.29 is 23.5 Å². The van der Waals surface area contributed by atoms with Crippen LogP contribution in [-0.4, -0.2) is 66.0 Å². The summed E-state index contributed by atoms with van der Waals surface area (Å²) < 4.78 is 25.8. The van der Waals surface area contributed by atoms with Gasteiger partial charge in [-0.15, -0.1) is 0 Å². The number of rotatable bonds is 10. The van der Waals surface area contributed by atoms with Crippen molar-refractivity contribution in [3.05, 3.63) is 97.7 Å². The molecule has 2 atom stereocenters. The van der Waals surface area contributed by atoms with Crippen LogP contribution in [0.5, 0.6) is 11.5 Å². The molecular formula is C34H33BrCl2FN3O4. The highest BCUT2D eigenvalue weighted by atomic mass is 79.9. The summed E-state index contributed by atoms with van der Waals surface area (Å²) in [6, 6.07) is 17.3. The van der Waals surface area contributed by atoms with Crippen LogP contribution in [0.2, 0.25) is 10.0 Å². The predicted molar refractivity (Wildman–Crippen MR) is 176 cm³/mol. The van der Waals surface area contributed by atoms with Crippen molar-refractivity contribution in [3.8, 4) is 11.5 Å². The average Bonchev–Trinajstić information content (AvgIpc) is 3.87. The van der Waals surface area contributed by atoms with Crippen LogP contribution >= 0.6 is 39.1 Å². The van der Waals surface area contributed by atoms with E-state index in [9.17, 15) is 14.0 Å². The van der Waals surface area contributed by atoms with Crippen molar-refractivity contribution >= 4 is 56.5 Å². The molecule has 6 rings (SSSR count). The smallest absolute Gasteiger partial charge is 0.252 e. The van der Waals surface area contributed by atoms with E-state index < -0.39 is 0 Å². The monoisotopic (exact) mass is 715 g/mol. The van der Waals surface area contributed by atoms with E-state index in [0.29, 0.717) is 57.6 Å². The molecule has 236 valence electrons. The number of hydrogen-bond donors (Lipinski definition) is 1. The van der Waals surface area contributed by atoms with Crippen LogP contribution in [0.15, 0.2) is 70.7 Å². The van der Waals surface area contributed by atoms with Crippen LogP contribution in [-0.2, 0) is 16.1 Å². The lowest BCUT2D eigenvalue weighted by molar-refractivity contribution is -0.132. The Labute approximate surface area is 280 Å². The van der Waals surface area contributed by atoms with Gasteiger partial charge in [-0.05, 0) is 82.2 Å². The second kappa shape index (κ2) is 13.7. The number of carbonyl (C=O) groups excluding carboxylic acids is 2. The molecule has 2 fully saturated rings. The van der Waals surface area contributed by atoms with Gasteiger partial charge in [-0.1, -0.05) is 47.5 Å². The van der Waals surface area contributed by atoms with Gasteiger partial charge >= 0.3 is 0 Å². The molecule has 1 N–H and O–H groups in total. The molecule has 3 aromatic carbocycles. The van der Waals surface area contributed by atoms with Crippen molar-refractivity contribution in [2.24, 2.45) is 0 Å². The molecule has 0 aromatic heterocycles. The van der Waals surface area contributed by atoms with Gasteiger partial charge in [0.2, 0.25) is 5.91 Å². The molecule has 1 unspecified atom stereocenters. The topological polar surface area (TPSA) is 71.1 Å². The van der Waals surface area contributed by atoms with Gasteiger partial charge in [0, 0.05) is 50.3 Å². The third-order valence-corrected chi connectivity index (χ3v) is 9.92. The number of carbonyl (C=O) groups is 2. The van der Waals surface area contributed by atoms with E-state index in [0.717, 1.165) is 29.5 Å². The lowest BCUT2D eigenvalue weighted by Gasteiger charge is -2.44. The molecule has 2 heterocycles. The quantitative estimate of drug-likeness (QED) is 0.232. The zero-order chi connectivity index (χ0) is 31.7. The van der Waals surface area contributed by atoms with Gasteiger partial charge in [0.1, 0.15) is 30.5 Å². The Hall–Kier alpha value is -3.11. The fraction of sp³-hybridized carbons (Fsp3) is 0.353. The zero-order valence-electron chi connectivity index (χ0n) is 24.7. The summed E-state index contributed by atoms with van der Waals surface area (Å²) in [6.07, 6.45) is 2.46. The molecule has 2 amide bonds. The van der Waals surface area contributed by atoms with E-state index in [-0.39, 0.29) is 49.0 Å². The summed E-state index contributed by atoms with van der Waals surface area (Å²) in [4.78, 5) is 30.7. The number of fused-ring (bicyclic) bond motifs is 2. The zero-order valence-corrected chi connectivity index (χ0v) is 27.8. The van der Waals surface area contributed by atoms with E-state index >= 15 is 0 Å². The molecule has 45 heavy (non-hydrogen) atoms. The first-order valence-corrected chi connectivity index (χ1v) is 16.5. The average molecular weight is 717 g/mol. The number of nitrogens with one attached hydrogen (secondary N) is 1. The lowest BCUT2D eigenvalue weighted by atomic mass is 9.82. The van der Waals surface area contributed by atoms with Gasteiger partial charge in [-0.2, -0.15) is 0 Å². The molecule has 1 saturated carbocycles. The second-order valence-electron chi connectivity index (χ2n) is 11.6. The first kappa shape index (κ1) is 31.9. The summed E-state index contributed by atoms with van der Waals surface area (Å²) in [6.45, 7) is 3.45. The number of benzene rings is 3. The summed E-state index contributed by atoms with van der Waals surface area (Å²) in [5.41, 5.74) is 3.41. The Morgan fingerprint density at radius 2 is 1.80 bits per heavy atom. The van der Waals surface area contributed by atoms with Crippen LogP contribution in [0, 0.1) is 5.82 Å².